The van der Waals surface area contributed by atoms with Gasteiger partial charge in [0, 0.05) is 30.7 Å². The number of ether oxygens (including phenoxy) is 3. The third-order valence-corrected chi connectivity index (χ3v) is 8.33. The molecule has 0 saturated carbocycles. The molecule has 220 valence electrons. The number of hydrogen-bond acceptors (Lipinski definition) is 8. The second-order valence-electron chi connectivity index (χ2n) is 11.0. The van der Waals surface area contributed by atoms with Crippen LogP contribution < -0.4 is 15.2 Å². The van der Waals surface area contributed by atoms with Gasteiger partial charge in [0.25, 0.3) is 11.7 Å². The Labute approximate surface area is 247 Å². The zero-order valence-electron chi connectivity index (χ0n) is 23.6. The molecule has 4 heterocycles. The van der Waals surface area contributed by atoms with Crippen molar-refractivity contribution in [2.45, 2.75) is 57.6 Å². The van der Waals surface area contributed by atoms with E-state index in [-0.39, 0.29) is 17.7 Å². The Hall–Kier alpha value is -3.80. The number of nitrogens with two attached hydrogens (primary N) is 1. The lowest BCUT2D eigenvalue weighted by Crippen LogP contribution is -2.34. The fraction of sp³-hybridized carbons (Fsp3) is 0.400. The van der Waals surface area contributed by atoms with E-state index in [0.717, 1.165) is 37.3 Å². The molecule has 1 fully saturated rings. The number of halogens is 2. The third kappa shape index (κ3) is 5.28. The van der Waals surface area contributed by atoms with Crippen LogP contribution in [0.5, 0.6) is 11.5 Å². The van der Waals surface area contributed by atoms with E-state index in [1.54, 1.807) is 32.2 Å². The number of aromatic nitrogens is 4. The molecule has 2 aliphatic rings. The van der Waals surface area contributed by atoms with Crippen LogP contribution in [0, 0.1) is 5.82 Å². The van der Waals surface area contributed by atoms with Crippen molar-refractivity contribution in [3.05, 3.63) is 75.9 Å². The normalized spacial score (nSPS) is 19.8. The number of fused-ring (bicyclic) bond motifs is 2. The average molecular weight is 595 g/mol. The summed E-state index contributed by atoms with van der Waals surface area (Å²) in [6.45, 7) is 6.51. The lowest BCUT2D eigenvalue weighted by Gasteiger charge is -2.32. The number of piperidine rings is 1. The SMILES string of the molecule is CO[C@H](C)Cn1c(CN2CCC(c3cccc4c3O[C@@](C)(c3ccc(Cl)cc3F)O4)CC2)nc2cc(C(N)=O)nnc21. The molecule has 0 radical (unpaired) electrons. The highest BCUT2D eigenvalue weighted by atomic mass is 35.5. The average Bonchev–Trinajstić information content (AvgIpc) is 3.49. The number of amides is 1. The van der Waals surface area contributed by atoms with Crippen molar-refractivity contribution in [2.75, 3.05) is 20.2 Å². The number of primary amides is 1. The maximum atomic E-state index is 14.8. The van der Waals surface area contributed by atoms with Crippen LogP contribution in [0.25, 0.3) is 11.2 Å². The number of rotatable bonds is 8. The van der Waals surface area contributed by atoms with Crippen LogP contribution in [0.3, 0.4) is 0 Å². The number of benzene rings is 2. The molecule has 10 nitrogen and oxygen atoms in total. The van der Waals surface area contributed by atoms with Gasteiger partial charge in [-0.25, -0.2) is 9.37 Å². The van der Waals surface area contributed by atoms with Crippen LogP contribution >= 0.6 is 11.6 Å². The van der Waals surface area contributed by atoms with Crippen LogP contribution in [0.1, 0.15) is 60.0 Å². The summed E-state index contributed by atoms with van der Waals surface area (Å²) in [5.41, 5.74) is 8.00. The first-order chi connectivity index (χ1) is 20.1. The maximum absolute atomic E-state index is 14.8. The predicted octanol–water partition coefficient (Wildman–Crippen LogP) is 4.78. The van der Waals surface area contributed by atoms with Gasteiger partial charge in [0.1, 0.15) is 17.2 Å². The van der Waals surface area contributed by atoms with Crippen LogP contribution in [0.15, 0.2) is 42.5 Å². The molecule has 0 aliphatic carbocycles. The fourth-order valence-electron chi connectivity index (χ4n) is 5.78. The summed E-state index contributed by atoms with van der Waals surface area (Å²) in [6.07, 6.45) is 1.72. The van der Waals surface area contributed by atoms with Gasteiger partial charge >= 0.3 is 0 Å². The molecular formula is C30H32ClFN6O4. The van der Waals surface area contributed by atoms with Gasteiger partial charge in [-0.2, -0.15) is 0 Å². The largest absolute Gasteiger partial charge is 0.444 e. The van der Waals surface area contributed by atoms with E-state index in [0.29, 0.717) is 46.3 Å². The maximum Gasteiger partial charge on any atom is 0.278 e. The van der Waals surface area contributed by atoms with E-state index in [1.165, 1.54) is 6.07 Å². The van der Waals surface area contributed by atoms with E-state index in [9.17, 15) is 9.18 Å². The van der Waals surface area contributed by atoms with E-state index < -0.39 is 17.5 Å². The molecule has 42 heavy (non-hydrogen) atoms. The topological polar surface area (TPSA) is 118 Å². The number of methoxy groups -OCH3 is 1. The number of likely N-dealkylation sites (tertiary alicyclic amines) is 1. The molecule has 0 spiro atoms. The summed E-state index contributed by atoms with van der Waals surface area (Å²) in [4.78, 5) is 18.8. The Balaban J connectivity index is 1.19. The summed E-state index contributed by atoms with van der Waals surface area (Å²) in [7, 11) is 1.66. The molecule has 0 bridgehead atoms. The second kappa shape index (κ2) is 11.1. The first-order valence-electron chi connectivity index (χ1n) is 13.9. The van der Waals surface area contributed by atoms with Gasteiger partial charge in [0.2, 0.25) is 0 Å². The Morgan fingerprint density at radius 2 is 2.00 bits per heavy atom. The lowest BCUT2D eigenvalue weighted by molar-refractivity contribution is -0.0712. The van der Waals surface area contributed by atoms with E-state index in [4.69, 9.17) is 36.5 Å². The zero-order valence-corrected chi connectivity index (χ0v) is 24.4. The first kappa shape index (κ1) is 28.3. The van der Waals surface area contributed by atoms with Crippen LogP contribution in [-0.2, 0) is 23.6 Å². The highest BCUT2D eigenvalue weighted by molar-refractivity contribution is 6.30. The van der Waals surface area contributed by atoms with E-state index >= 15 is 0 Å². The van der Waals surface area contributed by atoms with Gasteiger partial charge in [-0.3, -0.25) is 9.69 Å². The summed E-state index contributed by atoms with van der Waals surface area (Å²) in [5, 5.41) is 8.55. The van der Waals surface area contributed by atoms with Crippen molar-refractivity contribution in [2.24, 2.45) is 5.73 Å². The molecule has 1 saturated heterocycles. The van der Waals surface area contributed by atoms with Crippen molar-refractivity contribution < 1.29 is 23.4 Å². The molecule has 6 rings (SSSR count). The van der Waals surface area contributed by atoms with Crippen LogP contribution in [0.4, 0.5) is 4.39 Å². The van der Waals surface area contributed by atoms with Crippen LogP contribution in [0.2, 0.25) is 5.02 Å². The van der Waals surface area contributed by atoms with Gasteiger partial charge in [0.15, 0.2) is 22.8 Å². The van der Waals surface area contributed by atoms with Crippen molar-refractivity contribution >= 4 is 28.7 Å². The predicted molar refractivity (Wildman–Crippen MR) is 154 cm³/mol. The molecule has 2 aromatic carbocycles. The molecule has 0 unspecified atom stereocenters. The molecule has 4 aromatic rings. The molecule has 2 N–H and O–H groups in total. The van der Waals surface area contributed by atoms with Gasteiger partial charge in [-0.1, -0.05) is 23.7 Å². The van der Waals surface area contributed by atoms with Gasteiger partial charge < -0.3 is 24.5 Å². The van der Waals surface area contributed by atoms with Crippen molar-refractivity contribution in [1.29, 1.82) is 0 Å². The number of imidazole rings is 1. The Bertz CT molecular complexity index is 1660. The molecule has 12 heteroatoms. The Morgan fingerprint density at radius 1 is 1.21 bits per heavy atom. The number of para-hydroxylation sites is 1. The third-order valence-electron chi connectivity index (χ3n) is 8.09. The van der Waals surface area contributed by atoms with Crippen LogP contribution in [-0.4, -0.2) is 56.9 Å². The quantitative estimate of drug-likeness (QED) is 0.310. The smallest absolute Gasteiger partial charge is 0.278 e. The number of carbonyl (C=O) groups is 1. The highest BCUT2D eigenvalue weighted by Gasteiger charge is 2.43. The molecule has 2 atom stereocenters. The van der Waals surface area contributed by atoms with Gasteiger partial charge in [-0.15, -0.1) is 10.2 Å². The van der Waals surface area contributed by atoms with Gasteiger partial charge in [0.05, 0.1) is 24.8 Å². The van der Waals surface area contributed by atoms with Gasteiger partial charge in [-0.05, 0) is 63.0 Å². The van der Waals surface area contributed by atoms with E-state index in [1.807, 2.05) is 23.6 Å². The highest BCUT2D eigenvalue weighted by Crippen LogP contribution is 2.49. The summed E-state index contributed by atoms with van der Waals surface area (Å²) < 4.78 is 34.8. The second-order valence-corrected chi connectivity index (χ2v) is 11.4. The summed E-state index contributed by atoms with van der Waals surface area (Å²) in [5.74, 6) is -0.0848. The standard InChI is InChI=1S/C30H32ClFN6O4/c1-17(40-3)15-38-26(34-24-14-23(28(33)39)35-36-29(24)38)16-37-11-9-18(10-12-37)20-5-4-6-25-27(20)42-30(2,41-25)21-8-7-19(31)13-22(21)32/h4-8,13-14,17-18H,9-12,15-16H2,1-3H3,(H2,33,39)/t17-,30+/m1/s1. The molecular weight excluding hydrogens is 563 g/mol. The molecule has 1 amide bonds. The minimum Gasteiger partial charge on any atom is -0.444 e. The number of nitrogens with zero attached hydrogens (tertiary/aromatic N) is 5. The summed E-state index contributed by atoms with van der Waals surface area (Å²) >= 11 is 5.96. The summed E-state index contributed by atoms with van der Waals surface area (Å²) in [6, 6.07) is 11.9. The van der Waals surface area contributed by atoms with Crippen molar-refractivity contribution in [3.8, 4) is 11.5 Å². The van der Waals surface area contributed by atoms with E-state index in [2.05, 4.69) is 21.2 Å². The fourth-order valence-corrected chi connectivity index (χ4v) is 5.93. The first-order valence-corrected chi connectivity index (χ1v) is 14.3. The van der Waals surface area contributed by atoms with Crippen molar-refractivity contribution in [3.63, 3.8) is 0 Å². The lowest BCUT2D eigenvalue weighted by atomic mass is 9.88. The minimum atomic E-state index is -1.29. The zero-order chi connectivity index (χ0) is 29.6. The van der Waals surface area contributed by atoms with Crippen molar-refractivity contribution in [1.82, 2.24) is 24.6 Å². The Kier molecular flexibility index (Phi) is 7.50. The minimum absolute atomic E-state index is 0.0704. The molecule has 2 aliphatic heterocycles. The molecule has 2 aromatic heterocycles. The Morgan fingerprint density at radius 3 is 2.71 bits per heavy atom. The number of hydrogen-bond donors (Lipinski definition) is 1. The monoisotopic (exact) mass is 594 g/mol. The number of carbonyl (C=O) groups excluding carboxylic acids is 1.